The summed E-state index contributed by atoms with van der Waals surface area (Å²) < 4.78 is 5.34. The molecule has 1 aromatic carbocycles. The molecule has 0 atom stereocenters. The number of hydrogen-bond acceptors (Lipinski definition) is 7. The van der Waals surface area contributed by atoms with Crippen molar-refractivity contribution in [1.29, 1.82) is 0 Å². The van der Waals surface area contributed by atoms with Crippen molar-refractivity contribution in [3.8, 4) is 11.3 Å². The van der Waals surface area contributed by atoms with Crippen molar-refractivity contribution >= 4 is 22.8 Å². The van der Waals surface area contributed by atoms with Crippen molar-refractivity contribution in [3.63, 3.8) is 0 Å². The molecular weight excluding hydrogens is 368 g/mol. The molecule has 144 valence electrons. The lowest BCUT2D eigenvalue weighted by molar-refractivity contribution is 0.640. The number of rotatable bonds is 5. The Morgan fingerprint density at radius 2 is 1.97 bits per heavy atom. The molecule has 4 aromatic heterocycles. The van der Waals surface area contributed by atoms with E-state index in [1.165, 1.54) is 0 Å². The van der Waals surface area contributed by atoms with E-state index < -0.39 is 0 Å². The van der Waals surface area contributed by atoms with Crippen LogP contribution < -0.4 is 5.32 Å². The van der Waals surface area contributed by atoms with Gasteiger partial charge in [0.1, 0.15) is 11.3 Å². The summed E-state index contributed by atoms with van der Waals surface area (Å²) >= 11 is 0. The second-order valence-corrected chi connectivity index (χ2v) is 6.66. The maximum atomic E-state index is 4.61. The predicted molar refractivity (Wildman–Crippen MR) is 107 cm³/mol. The fourth-order valence-electron chi connectivity index (χ4n) is 3.14. The van der Waals surface area contributed by atoms with Crippen LogP contribution in [0.15, 0.2) is 55.0 Å². The summed E-state index contributed by atoms with van der Waals surface area (Å²) in [6.07, 6.45) is 5.36. The Hall–Kier alpha value is -4.08. The number of fused-ring (bicyclic) bond motifs is 1. The topological polar surface area (TPSA) is 104 Å². The molecule has 0 aliphatic rings. The highest BCUT2D eigenvalue weighted by molar-refractivity contribution is 5.80. The molecular formula is C19H18N10. The third-order valence-electron chi connectivity index (χ3n) is 4.61. The van der Waals surface area contributed by atoms with Crippen LogP contribution in [0.1, 0.15) is 5.69 Å². The third kappa shape index (κ3) is 3.31. The Balaban J connectivity index is 1.43. The predicted octanol–water partition coefficient (Wildman–Crippen LogP) is 2.15. The minimum Gasteiger partial charge on any atom is -0.309 e. The van der Waals surface area contributed by atoms with Gasteiger partial charge < -0.3 is 5.32 Å². The van der Waals surface area contributed by atoms with Crippen LogP contribution in [0.25, 0.3) is 22.3 Å². The van der Waals surface area contributed by atoms with E-state index in [1.807, 2.05) is 61.4 Å². The zero-order valence-electron chi connectivity index (χ0n) is 15.9. The highest BCUT2D eigenvalue weighted by Gasteiger charge is 2.10. The fraction of sp³-hybridized carbons (Fsp3) is 0.158. The van der Waals surface area contributed by atoms with Crippen molar-refractivity contribution in [2.75, 3.05) is 5.32 Å². The quantitative estimate of drug-likeness (QED) is 0.493. The number of benzene rings is 1. The summed E-state index contributed by atoms with van der Waals surface area (Å²) in [5.74, 6) is 1.32. The van der Waals surface area contributed by atoms with E-state index in [1.54, 1.807) is 21.8 Å². The van der Waals surface area contributed by atoms with Gasteiger partial charge in [0.2, 0.25) is 5.95 Å². The first-order chi connectivity index (χ1) is 14.2. The van der Waals surface area contributed by atoms with Crippen LogP contribution in [-0.2, 0) is 20.6 Å². The molecule has 0 bridgehead atoms. The van der Waals surface area contributed by atoms with Gasteiger partial charge in [0.25, 0.3) is 0 Å². The zero-order chi connectivity index (χ0) is 19.8. The largest absolute Gasteiger partial charge is 0.309 e. The molecule has 0 saturated carbocycles. The number of anilines is 2. The summed E-state index contributed by atoms with van der Waals surface area (Å²) in [5, 5.41) is 20.3. The van der Waals surface area contributed by atoms with Gasteiger partial charge in [0.05, 0.1) is 29.6 Å². The average molecular weight is 386 g/mol. The minimum absolute atomic E-state index is 0.505. The van der Waals surface area contributed by atoms with Crippen LogP contribution >= 0.6 is 0 Å². The standard InChI is InChI=1S/C19H18N10/c1-27-10-7-14(25-27)12-29-17-4-3-13(11-16(17)24-26-29)15-5-8-20-19(22-15)23-18-6-9-21-28(18)2/h3-11H,12H2,1-2H3,(H,20,22,23). The smallest absolute Gasteiger partial charge is 0.228 e. The fourth-order valence-corrected chi connectivity index (χ4v) is 3.14. The van der Waals surface area contributed by atoms with Gasteiger partial charge in [-0.1, -0.05) is 11.3 Å². The zero-order valence-corrected chi connectivity index (χ0v) is 15.9. The van der Waals surface area contributed by atoms with E-state index in [2.05, 4.69) is 35.8 Å². The first-order valence-electron chi connectivity index (χ1n) is 9.06. The monoisotopic (exact) mass is 386 g/mol. The molecule has 0 amide bonds. The van der Waals surface area contributed by atoms with E-state index in [-0.39, 0.29) is 0 Å². The van der Waals surface area contributed by atoms with Crippen LogP contribution in [0, 0.1) is 0 Å². The number of hydrogen-bond donors (Lipinski definition) is 1. The molecule has 0 fully saturated rings. The van der Waals surface area contributed by atoms with Crippen LogP contribution in [0.4, 0.5) is 11.8 Å². The summed E-state index contributed by atoms with van der Waals surface area (Å²) in [7, 11) is 3.75. The second-order valence-electron chi connectivity index (χ2n) is 6.66. The first-order valence-corrected chi connectivity index (χ1v) is 9.06. The molecule has 0 radical (unpaired) electrons. The van der Waals surface area contributed by atoms with E-state index in [9.17, 15) is 0 Å². The van der Waals surface area contributed by atoms with E-state index in [0.717, 1.165) is 33.8 Å². The van der Waals surface area contributed by atoms with Crippen molar-refractivity contribution < 1.29 is 0 Å². The lowest BCUT2D eigenvalue weighted by Crippen LogP contribution is -2.03. The molecule has 5 rings (SSSR count). The number of nitrogens with zero attached hydrogens (tertiary/aromatic N) is 9. The molecule has 4 heterocycles. The molecule has 0 unspecified atom stereocenters. The maximum Gasteiger partial charge on any atom is 0.228 e. The summed E-state index contributed by atoms with van der Waals surface area (Å²) in [6, 6.07) is 11.7. The van der Waals surface area contributed by atoms with Gasteiger partial charge >= 0.3 is 0 Å². The molecule has 1 N–H and O–H groups in total. The van der Waals surface area contributed by atoms with Crippen LogP contribution in [0.3, 0.4) is 0 Å². The van der Waals surface area contributed by atoms with E-state index >= 15 is 0 Å². The Bertz CT molecular complexity index is 1300. The average Bonchev–Trinajstić information content (AvgIpc) is 3.44. The number of nitrogens with one attached hydrogen (secondary N) is 1. The van der Waals surface area contributed by atoms with Gasteiger partial charge in [0, 0.05) is 38.1 Å². The van der Waals surface area contributed by atoms with Crippen molar-refractivity contribution in [3.05, 3.63) is 60.7 Å². The summed E-state index contributed by atoms with van der Waals surface area (Å²) in [6.45, 7) is 0.572. The third-order valence-corrected chi connectivity index (χ3v) is 4.61. The summed E-state index contributed by atoms with van der Waals surface area (Å²) in [4.78, 5) is 8.90. The highest BCUT2D eigenvalue weighted by Crippen LogP contribution is 2.23. The Kier molecular flexibility index (Phi) is 4.01. The molecule has 0 aliphatic carbocycles. The molecule has 0 aliphatic heterocycles. The highest BCUT2D eigenvalue weighted by atomic mass is 15.4. The van der Waals surface area contributed by atoms with E-state index in [4.69, 9.17) is 0 Å². The molecule has 29 heavy (non-hydrogen) atoms. The molecule has 5 aromatic rings. The molecule has 0 spiro atoms. The van der Waals surface area contributed by atoms with Crippen molar-refractivity contribution in [2.24, 2.45) is 14.1 Å². The maximum absolute atomic E-state index is 4.61. The van der Waals surface area contributed by atoms with Gasteiger partial charge in [-0.05, 0) is 24.3 Å². The van der Waals surface area contributed by atoms with Crippen molar-refractivity contribution in [2.45, 2.75) is 6.54 Å². The lowest BCUT2D eigenvalue weighted by atomic mass is 10.1. The first kappa shape index (κ1) is 17.0. The summed E-state index contributed by atoms with van der Waals surface area (Å²) in [5.41, 5.74) is 4.42. The molecule has 0 saturated heterocycles. The van der Waals surface area contributed by atoms with Gasteiger partial charge in [-0.15, -0.1) is 5.10 Å². The Morgan fingerprint density at radius 3 is 2.76 bits per heavy atom. The number of aromatic nitrogens is 9. The van der Waals surface area contributed by atoms with Crippen LogP contribution in [-0.4, -0.2) is 44.5 Å². The van der Waals surface area contributed by atoms with Gasteiger partial charge in [0.15, 0.2) is 0 Å². The minimum atomic E-state index is 0.505. The molecule has 10 heteroatoms. The van der Waals surface area contributed by atoms with Gasteiger partial charge in [-0.2, -0.15) is 10.2 Å². The van der Waals surface area contributed by atoms with Crippen molar-refractivity contribution in [1.82, 2.24) is 44.5 Å². The van der Waals surface area contributed by atoms with Gasteiger partial charge in [-0.25, -0.2) is 14.6 Å². The van der Waals surface area contributed by atoms with Gasteiger partial charge in [-0.3, -0.25) is 9.36 Å². The van der Waals surface area contributed by atoms with Crippen LogP contribution in [0.5, 0.6) is 0 Å². The SMILES string of the molecule is Cn1ccc(Cn2nnc3cc(-c4ccnc(Nc5ccnn5C)n4)ccc32)n1. The van der Waals surface area contributed by atoms with E-state index in [0.29, 0.717) is 12.5 Å². The Morgan fingerprint density at radius 1 is 1.03 bits per heavy atom. The lowest BCUT2D eigenvalue weighted by Gasteiger charge is -2.07. The second kappa shape index (κ2) is 6.82. The Labute approximate surface area is 165 Å². The number of aryl methyl sites for hydroxylation is 2. The molecule has 10 nitrogen and oxygen atoms in total. The normalized spacial score (nSPS) is 11.2. The van der Waals surface area contributed by atoms with Crippen LogP contribution in [0.2, 0.25) is 0 Å².